The smallest absolute Gasteiger partial charge is 0.246 e. The molecule has 0 aliphatic carbocycles. The maximum Gasteiger partial charge on any atom is 0.246 e. The molecule has 0 spiro atoms. The highest BCUT2D eigenvalue weighted by atomic mass is 16.2. The second-order valence-electron chi connectivity index (χ2n) is 14.4. The Kier molecular flexibility index (Phi) is 13.6. The van der Waals surface area contributed by atoms with Gasteiger partial charge in [-0.15, -0.1) is 0 Å². The van der Waals surface area contributed by atoms with Crippen LogP contribution in [0.15, 0.2) is 30.3 Å². The van der Waals surface area contributed by atoms with Gasteiger partial charge < -0.3 is 31.5 Å². The summed E-state index contributed by atoms with van der Waals surface area (Å²) in [5, 5.41) is 14.0. The van der Waals surface area contributed by atoms with Gasteiger partial charge >= 0.3 is 0 Å². The zero-order valence-corrected chi connectivity index (χ0v) is 29.6. The molecule has 3 aliphatic rings. The van der Waals surface area contributed by atoms with E-state index in [1.54, 1.807) is 4.90 Å². The van der Waals surface area contributed by atoms with Gasteiger partial charge in [0.05, 0.1) is 31.2 Å². The Balaban J connectivity index is 1.73. The first-order valence-corrected chi connectivity index (χ1v) is 17.9. The van der Waals surface area contributed by atoms with E-state index in [-0.39, 0.29) is 48.6 Å². The first kappa shape index (κ1) is 37.8. The first-order chi connectivity index (χ1) is 23.4. The lowest BCUT2D eigenvalue weighted by atomic mass is 10.0. The highest BCUT2D eigenvalue weighted by Crippen LogP contribution is 2.40. The fourth-order valence-corrected chi connectivity index (χ4v) is 7.11. The van der Waals surface area contributed by atoms with Crippen molar-refractivity contribution in [2.24, 2.45) is 11.8 Å². The van der Waals surface area contributed by atoms with E-state index < -0.39 is 54.5 Å². The van der Waals surface area contributed by atoms with Crippen molar-refractivity contribution in [1.82, 2.24) is 36.4 Å². The molecule has 3 aliphatic heterocycles. The fourth-order valence-electron chi connectivity index (χ4n) is 7.11. The summed E-state index contributed by atoms with van der Waals surface area (Å²) in [6, 6.07) is 5.22. The predicted molar refractivity (Wildman–Crippen MR) is 185 cm³/mol. The summed E-state index contributed by atoms with van der Waals surface area (Å²) < 4.78 is 0. The van der Waals surface area contributed by atoms with Crippen molar-refractivity contribution in [3.05, 3.63) is 35.9 Å². The lowest BCUT2D eigenvalue weighted by molar-refractivity contribution is -0.136. The van der Waals surface area contributed by atoms with Crippen molar-refractivity contribution in [2.75, 3.05) is 26.2 Å². The van der Waals surface area contributed by atoms with Gasteiger partial charge in [0.1, 0.15) is 18.1 Å². The summed E-state index contributed by atoms with van der Waals surface area (Å²) in [7, 11) is 0. The molecule has 0 unspecified atom stereocenters. The van der Waals surface area contributed by atoms with Crippen LogP contribution in [0.3, 0.4) is 0 Å². The minimum atomic E-state index is -0.960. The normalized spacial score (nSPS) is 27.3. The fraction of sp³-hybridized carbons (Fsp3) is 0.667. The van der Waals surface area contributed by atoms with Crippen LogP contribution in [0.25, 0.3) is 0 Å². The van der Waals surface area contributed by atoms with E-state index in [0.29, 0.717) is 38.8 Å². The minimum Gasteiger partial charge on any atom is -0.355 e. The van der Waals surface area contributed by atoms with Crippen LogP contribution in [-0.4, -0.2) is 108 Å². The van der Waals surface area contributed by atoms with E-state index in [1.165, 1.54) is 0 Å². The van der Waals surface area contributed by atoms with E-state index >= 15 is 0 Å². The molecule has 1 aromatic carbocycles. The van der Waals surface area contributed by atoms with Crippen LogP contribution in [-0.2, 0) is 35.2 Å². The van der Waals surface area contributed by atoms with Gasteiger partial charge in [0.15, 0.2) is 0 Å². The molecule has 49 heavy (non-hydrogen) atoms. The average Bonchev–Trinajstić information content (AvgIpc) is 3.49. The van der Waals surface area contributed by atoms with Crippen LogP contribution in [0.5, 0.6) is 0 Å². The summed E-state index contributed by atoms with van der Waals surface area (Å²) >= 11 is 0. The lowest BCUT2D eigenvalue weighted by Gasteiger charge is -2.32. The Morgan fingerprint density at radius 2 is 1.51 bits per heavy atom. The topological polar surface area (TPSA) is 169 Å². The zero-order valence-electron chi connectivity index (χ0n) is 29.6. The summed E-state index contributed by atoms with van der Waals surface area (Å²) in [5.74, 6) is -2.26. The Morgan fingerprint density at radius 3 is 2.14 bits per heavy atom. The van der Waals surface area contributed by atoms with Crippen LogP contribution in [0.4, 0.5) is 0 Å². The van der Waals surface area contributed by atoms with Crippen LogP contribution in [0.1, 0.15) is 78.7 Å². The molecule has 0 radical (unpaired) electrons. The maximum absolute atomic E-state index is 14.5. The number of fused-ring (bicyclic) bond motifs is 2. The molecule has 3 saturated heterocycles. The number of hydrogen-bond donors (Lipinski definition) is 5. The van der Waals surface area contributed by atoms with E-state index in [4.69, 9.17) is 0 Å². The maximum atomic E-state index is 14.5. The molecule has 6 amide bonds. The molecule has 4 rings (SSSR count). The van der Waals surface area contributed by atoms with Crippen molar-refractivity contribution in [3.8, 4) is 0 Å². The van der Waals surface area contributed by atoms with E-state index in [9.17, 15) is 28.8 Å². The molecule has 270 valence electrons. The number of carbonyl (C=O) groups is 6. The SMILES string of the molecule is CCCCNC(=O)[C@H]1[C@@H]2[C@@H](CC(C)C)N2C(=O)[C@H](Cc2ccccc2)NC(=O)CNC(=O)[C@H](CC(C)C)NC(=O)CNC(=O)[C@@H]2CCCN21. The number of nitrogens with one attached hydrogen (secondary N) is 5. The van der Waals surface area contributed by atoms with Crippen molar-refractivity contribution in [1.29, 1.82) is 0 Å². The van der Waals surface area contributed by atoms with Gasteiger partial charge in [-0.05, 0) is 56.0 Å². The molecule has 3 fully saturated rings. The van der Waals surface area contributed by atoms with Gasteiger partial charge in [-0.25, -0.2) is 0 Å². The zero-order chi connectivity index (χ0) is 35.7. The Bertz CT molecular complexity index is 1340. The second kappa shape index (κ2) is 17.6. The molecular weight excluding hydrogens is 626 g/mol. The van der Waals surface area contributed by atoms with Crippen molar-refractivity contribution < 1.29 is 28.8 Å². The van der Waals surface area contributed by atoms with Gasteiger partial charge in [0.2, 0.25) is 35.4 Å². The van der Waals surface area contributed by atoms with Gasteiger partial charge in [-0.3, -0.25) is 33.7 Å². The Labute approximate surface area is 290 Å². The number of nitrogens with zero attached hydrogens (tertiary/aromatic N) is 2. The Morgan fingerprint density at radius 1 is 0.878 bits per heavy atom. The van der Waals surface area contributed by atoms with Crippen molar-refractivity contribution in [3.63, 3.8) is 0 Å². The van der Waals surface area contributed by atoms with E-state index in [2.05, 4.69) is 40.4 Å². The minimum absolute atomic E-state index is 0.0528. The average molecular weight is 682 g/mol. The van der Waals surface area contributed by atoms with Gasteiger partial charge in [0, 0.05) is 13.0 Å². The largest absolute Gasteiger partial charge is 0.355 e. The highest BCUT2D eigenvalue weighted by molar-refractivity contribution is 5.95. The molecule has 0 aromatic heterocycles. The van der Waals surface area contributed by atoms with Crippen LogP contribution in [0.2, 0.25) is 0 Å². The molecule has 0 bridgehead atoms. The molecule has 13 nitrogen and oxygen atoms in total. The lowest BCUT2D eigenvalue weighted by Crippen LogP contribution is -2.58. The molecule has 1 aromatic rings. The monoisotopic (exact) mass is 681 g/mol. The third-order valence-electron chi connectivity index (χ3n) is 9.45. The standard InChI is InChI=1S/C36H55N7O6/c1-6-7-15-37-35(48)32-31-28(18-23(4)5)43(31)36(49)26(19-24-12-9-8-10-13-24)41-30(45)20-38-33(46)25(17-22(2)3)40-29(44)21-39-34(47)27-14-11-16-42(27)32/h8-10,12-13,22-23,25-28,31-32H,6-7,11,14-21H2,1-5H3,(H,37,48)(H,38,46)(H,39,47)(H,40,44)(H,41,45)/t25-,26-,27-,28+,31-,32+,43?/m0/s1. The summed E-state index contributed by atoms with van der Waals surface area (Å²) in [6.07, 6.45) is 4.02. The third-order valence-corrected chi connectivity index (χ3v) is 9.45. The summed E-state index contributed by atoms with van der Waals surface area (Å²) in [6.45, 7) is 10.2. The molecule has 0 saturated carbocycles. The number of rotatable bonds is 10. The molecule has 3 heterocycles. The molecule has 5 N–H and O–H groups in total. The number of hydrogen-bond acceptors (Lipinski definition) is 7. The van der Waals surface area contributed by atoms with E-state index in [1.807, 2.05) is 56.0 Å². The van der Waals surface area contributed by atoms with Gasteiger partial charge in [0.25, 0.3) is 0 Å². The predicted octanol–water partition coefficient (Wildman–Crippen LogP) is 0.866. The van der Waals surface area contributed by atoms with Crippen LogP contribution < -0.4 is 26.6 Å². The quantitative estimate of drug-likeness (QED) is 0.180. The molecule has 6 atom stereocenters. The number of benzene rings is 1. The van der Waals surface area contributed by atoms with Crippen molar-refractivity contribution in [2.45, 2.75) is 116 Å². The number of carbonyl (C=O) groups excluding carboxylic acids is 6. The van der Waals surface area contributed by atoms with Gasteiger partial charge in [-0.1, -0.05) is 71.4 Å². The number of unbranched alkanes of at least 4 members (excludes halogenated alkanes) is 1. The molecule has 13 heteroatoms. The van der Waals surface area contributed by atoms with Crippen LogP contribution >= 0.6 is 0 Å². The summed E-state index contributed by atoms with van der Waals surface area (Å²) in [4.78, 5) is 85.3. The summed E-state index contributed by atoms with van der Waals surface area (Å²) in [5.41, 5.74) is 0.844. The molecular formula is C36H55N7O6. The van der Waals surface area contributed by atoms with E-state index in [0.717, 1.165) is 18.4 Å². The van der Waals surface area contributed by atoms with Gasteiger partial charge in [-0.2, -0.15) is 0 Å². The first-order valence-electron chi connectivity index (χ1n) is 17.9. The van der Waals surface area contributed by atoms with Crippen molar-refractivity contribution >= 4 is 35.4 Å². The van der Waals surface area contributed by atoms with Crippen LogP contribution in [0, 0.1) is 11.8 Å². The second-order valence-corrected chi connectivity index (χ2v) is 14.4. The highest BCUT2D eigenvalue weighted by Gasteiger charge is 2.60. The number of amides is 6. The Hall–Kier alpha value is -4.00. The third kappa shape index (κ3) is 10.3.